The maximum atomic E-state index is 10.3. The predicted octanol–water partition coefficient (Wildman–Crippen LogP) is 1.03. The van der Waals surface area contributed by atoms with E-state index in [1.54, 1.807) is 24.3 Å². The van der Waals surface area contributed by atoms with E-state index in [0.29, 0.717) is 5.56 Å². The summed E-state index contributed by atoms with van der Waals surface area (Å²) < 4.78 is 5.00. The van der Waals surface area contributed by atoms with Gasteiger partial charge in [-0.3, -0.25) is 0 Å². The van der Waals surface area contributed by atoms with Gasteiger partial charge in [-0.15, -0.1) is 0 Å². The van der Waals surface area contributed by atoms with Crippen LogP contribution in [0.3, 0.4) is 0 Å². The smallest absolute Gasteiger partial charge is 0.151 e. The molecule has 1 aromatic carbocycles. The van der Waals surface area contributed by atoms with Gasteiger partial charge in [-0.25, -0.2) is 0 Å². The number of hydrogen-bond acceptors (Lipinski definition) is 3. The number of aldehydes is 1. The Morgan fingerprint density at radius 2 is 2.17 bits per heavy atom. The van der Waals surface area contributed by atoms with Crippen LogP contribution in [-0.4, -0.2) is 17.5 Å². The fourth-order valence-corrected chi connectivity index (χ4v) is 1.21. The van der Waals surface area contributed by atoms with Gasteiger partial charge in [0.2, 0.25) is 0 Å². The molecule has 12 heavy (non-hydrogen) atoms. The maximum absolute atomic E-state index is 10.3. The van der Waals surface area contributed by atoms with E-state index >= 15 is 0 Å². The average molecular weight is 164 g/mol. The molecule has 1 aromatic rings. The summed E-state index contributed by atoms with van der Waals surface area (Å²) in [6.45, 7) is 0. The highest BCUT2D eigenvalue weighted by Crippen LogP contribution is 2.40. The van der Waals surface area contributed by atoms with Crippen LogP contribution in [0.2, 0.25) is 0 Å². The van der Waals surface area contributed by atoms with Gasteiger partial charge in [0.05, 0.1) is 0 Å². The minimum Gasteiger partial charge on any atom is -0.508 e. The van der Waals surface area contributed by atoms with Gasteiger partial charge in [0.1, 0.15) is 18.0 Å². The SMILES string of the molecule is O=CC1OC1c1ccccc1O. The summed E-state index contributed by atoms with van der Waals surface area (Å²) in [5, 5.41) is 9.34. The molecule has 1 fully saturated rings. The van der Waals surface area contributed by atoms with E-state index in [1.807, 2.05) is 0 Å². The van der Waals surface area contributed by atoms with Crippen LogP contribution in [0.1, 0.15) is 11.7 Å². The summed E-state index contributed by atoms with van der Waals surface area (Å²) in [5.41, 5.74) is 0.689. The first kappa shape index (κ1) is 7.31. The zero-order valence-electron chi connectivity index (χ0n) is 6.31. The molecule has 1 N–H and O–H groups in total. The quantitative estimate of drug-likeness (QED) is 0.524. The second-order valence-electron chi connectivity index (χ2n) is 2.72. The molecule has 1 aliphatic heterocycles. The van der Waals surface area contributed by atoms with Gasteiger partial charge in [0, 0.05) is 5.56 Å². The fraction of sp³-hybridized carbons (Fsp3) is 0.222. The zero-order chi connectivity index (χ0) is 8.55. The second-order valence-corrected chi connectivity index (χ2v) is 2.72. The van der Waals surface area contributed by atoms with Crippen LogP contribution in [-0.2, 0) is 9.53 Å². The Morgan fingerprint density at radius 1 is 1.42 bits per heavy atom. The summed E-state index contributed by atoms with van der Waals surface area (Å²) in [6, 6.07) is 6.87. The highest BCUT2D eigenvalue weighted by molar-refractivity contribution is 5.62. The van der Waals surface area contributed by atoms with Crippen molar-refractivity contribution in [3.8, 4) is 5.75 Å². The van der Waals surface area contributed by atoms with E-state index in [1.165, 1.54) is 0 Å². The highest BCUT2D eigenvalue weighted by atomic mass is 16.6. The lowest BCUT2D eigenvalue weighted by molar-refractivity contribution is -0.108. The van der Waals surface area contributed by atoms with Crippen LogP contribution in [0.4, 0.5) is 0 Å². The van der Waals surface area contributed by atoms with Gasteiger partial charge >= 0.3 is 0 Å². The summed E-state index contributed by atoms with van der Waals surface area (Å²) in [6.07, 6.45) is 0.152. The third-order valence-corrected chi connectivity index (χ3v) is 1.90. The molecule has 62 valence electrons. The number of rotatable bonds is 2. The molecule has 3 nitrogen and oxygen atoms in total. The molecule has 0 aromatic heterocycles. The van der Waals surface area contributed by atoms with E-state index in [-0.39, 0.29) is 18.0 Å². The molecule has 1 aliphatic rings. The molecule has 2 rings (SSSR count). The van der Waals surface area contributed by atoms with E-state index in [2.05, 4.69) is 0 Å². The van der Waals surface area contributed by atoms with Crippen LogP contribution in [0.5, 0.6) is 5.75 Å². The first-order chi connectivity index (χ1) is 5.83. The number of carbonyl (C=O) groups is 1. The Hall–Kier alpha value is -1.35. The van der Waals surface area contributed by atoms with Gasteiger partial charge in [0.25, 0.3) is 0 Å². The van der Waals surface area contributed by atoms with Crippen LogP contribution in [0.15, 0.2) is 24.3 Å². The number of phenols is 1. The molecule has 2 unspecified atom stereocenters. The molecule has 2 atom stereocenters. The molecule has 1 heterocycles. The normalized spacial score (nSPS) is 26.7. The van der Waals surface area contributed by atoms with Crippen molar-refractivity contribution in [2.24, 2.45) is 0 Å². The number of carbonyl (C=O) groups excluding carboxylic acids is 1. The van der Waals surface area contributed by atoms with Crippen molar-refractivity contribution in [2.45, 2.75) is 12.2 Å². The van der Waals surface area contributed by atoms with Gasteiger partial charge in [-0.05, 0) is 6.07 Å². The van der Waals surface area contributed by atoms with Crippen LogP contribution in [0, 0.1) is 0 Å². The van der Waals surface area contributed by atoms with E-state index in [9.17, 15) is 9.90 Å². The Morgan fingerprint density at radius 3 is 2.75 bits per heavy atom. The first-order valence-electron chi connectivity index (χ1n) is 3.71. The van der Waals surface area contributed by atoms with Crippen molar-refractivity contribution in [1.82, 2.24) is 0 Å². The van der Waals surface area contributed by atoms with Crippen LogP contribution < -0.4 is 0 Å². The number of benzene rings is 1. The molecular formula is C9H8O3. The lowest BCUT2D eigenvalue weighted by Crippen LogP contribution is -1.89. The number of aromatic hydroxyl groups is 1. The topological polar surface area (TPSA) is 49.8 Å². The van der Waals surface area contributed by atoms with E-state index in [4.69, 9.17) is 4.74 Å². The number of ether oxygens (including phenoxy) is 1. The number of para-hydroxylation sites is 1. The first-order valence-corrected chi connectivity index (χ1v) is 3.71. The van der Waals surface area contributed by atoms with Crippen molar-refractivity contribution < 1.29 is 14.6 Å². The maximum Gasteiger partial charge on any atom is 0.151 e. The standard InChI is InChI=1S/C9H8O3/c10-5-8-9(12-8)6-3-1-2-4-7(6)11/h1-5,8-9,11H. The Bertz CT molecular complexity index is 308. The molecule has 0 spiro atoms. The summed E-state index contributed by atoms with van der Waals surface area (Å²) >= 11 is 0. The Balaban J connectivity index is 2.25. The van der Waals surface area contributed by atoms with Crippen LogP contribution >= 0.6 is 0 Å². The van der Waals surface area contributed by atoms with Crippen molar-refractivity contribution in [1.29, 1.82) is 0 Å². The van der Waals surface area contributed by atoms with Crippen LogP contribution in [0.25, 0.3) is 0 Å². The molecule has 3 heteroatoms. The zero-order valence-corrected chi connectivity index (χ0v) is 6.31. The van der Waals surface area contributed by atoms with Crippen molar-refractivity contribution in [2.75, 3.05) is 0 Å². The third kappa shape index (κ3) is 1.08. The fourth-order valence-electron chi connectivity index (χ4n) is 1.21. The molecule has 0 aliphatic carbocycles. The largest absolute Gasteiger partial charge is 0.508 e. The summed E-state index contributed by atoms with van der Waals surface area (Å²) in [5.74, 6) is 0.187. The number of phenolic OH excluding ortho intramolecular Hbond substituents is 1. The van der Waals surface area contributed by atoms with Gasteiger partial charge < -0.3 is 14.6 Å². The molecule has 0 amide bonds. The molecule has 1 saturated heterocycles. The summed E-state index contributed by atoms with van der Waals surface area (Å²) in [4.78, 5) is 10.3. The van der Waals surface area contributed by atoms with Gasteiger partial charge in [0.15, 0.2) is 6.29 Å². The minimum absolute atomic E-state index is 0.187. The number of hydrogen-bond donors (Lipinski definition) is 1. The van der Waals surface area contributed by atoms with Crippen molar-refractivity contribution in [3.05, 3.63) is 29.8 Å². The number of epoxide rings is 1. The van der Waals surface area contributed by atoms with E-state index in [0.717, 1.165) is 6.29 Å². The van der Waals surface area contributed by atoms with E-state index < -0.39 is 0 Å². The lowest BCUT2D eigenvalue weighted by atomic mass is 10.1. The second kappa shape index (κ2) is 2.60. The predicted molar refractivity (Wildman–Crippen MR) is 41.8 cm³/mol. The van der Waals surface area contributed by atoms with Gasteiger partial charge in [-0.2, -0.15) is 0 Å². The molecule has 0 radical (unpaired) electrons. The molecule has 0 bridgehead atoms. The minimum atomic E-state index is -0.363. The highest BCUT2D eigenvalue weighted by Gasteiger charge is 2.41. The Kier molecular flexibility index (Phi) is 1.59. The molecule has 0 saturated carbocycles. The van der Waals surface area contributed by atoms with Gasteiger partial charge in [-0.1, -0.05) is 18.2 Å². The van der Waals surface area contributed by atoms with Crippen molar-refractivity contribution >= 4 is 6.29 Å². The lowest BCUT2D eigenvalue weighted by Gasteiger charge is -1.97. The summed E-state index contributed by atoms with van der Waals surface area (Å²) in [7, 11) is 0. The molecular weight excluding hydrogens is 156 g/mol. The monoisotopic (exact) mass is 164 g/mol. The van der Waals surface area contributed by atoms with Crippen molar-refractivity contribution in [3.63, 3.8) is 0 Å². The Labute approximate surface area is 69.6 Å². The average Bonchev–Trinajstić information content (AvgIpc) is 2.84. The third-order valence-electron chi connectivity index (χ3n) is 1.90.